The number of carboxylic acid groups (broad SMARTS) is 2. The number of nitrogens with zero attached hydrogens (tertiary/aromatic N) is 1. The molecule has 0 aromatic rings. The van der Waals surface area contributed by atoms with Gasteiger partial charge >= 0.3 is 12.1 Å². The fraction of sp³-hybridized carbons (Fsp3) is 0.571. The molecular weight excluding hydrogens is 178 g/mol. The fourth-order valence-corrected chi connectivity index (χ4v) is 0.747. The number of amides is 2. The molecule has 6 nitrogen and oxygen atoms in total. The third-order valence-corrected chi connectivity index (χ3v) is 1.29. The number of carbonyl (C=O) groups excluding carboxylic acids is 1. The van der Waals surface area contributed by atoms with Gasteiger partial charge in [-0.1, -0.05) is 6.92 Å². The maximum Gasteiger partial charge on any atom is 0.414 e. The van der Waals surface area contributed by atoms with Crippen molar-refractivity contribution in [1.29, 1.82) is 0 Å². The molecule has 0 aromatic heterocycles. The number of hydrogen-bond acceptors (Lipinski definition) is 3. The van der Waals surface area contributed by atoms with Crippen LogP contribution < -0.4 is 0 Å². The van der Waals surface area contributed by atoms with E-state index in [4.69, 9.17) is 10.2 Å². The molecular formula is C7H11NO5. The number of rotatable bonds is 4. The highest BCUT2D eigenvalue weighted by Crippen LogP contribution is 1.98. The van der Waals surface area contributed by atoms with Crippen molar-refractivity contribution in [1.82, 2.24) is 4.90 Å². The molecule has 0 saturated carbocycles. The van der Waals surface area contributed by atoms with Crippen LogP contribution in [0.5, 0.6) is 0 Å². The highest BCUT2D eigenvalue weighted by molar-refractivity contribution is 5.94. The van der Waals surface area contributed by atoms with E-state index in [1.807, 2.05) is 0 Å². The summed E-state index contributed by atoms with van der Waals surface area (Å²) in [5, 5.41) is 16.8. The van der Waals surface area contributed by atoms with Gasteiger partial charge in [0.2, 0.25) is 5.91 Å². The minimum absolute atomic E-state index is 0.0413. The SMILES string of the molecule is CCCC(=O)N(CC(=O)O)C(=O)O. The third-order valence-electron chi connectivity index (χ3n) is 1.29. The molecule has 0 heterocycles. The number of imide groups is 1. The first-order valence-electron chi connectivity index (χ1n) is 3.74. The van der Waals surface area contributed by atoms with E-state index >= 15 is 0 Å². The van der Waals surface area contributed by atoms with Crippen LogP contribution in [-0.4, -0.2) is 39.6 Å². The predicted octanol–water partition coefficient (Wildman–Crippen LogP) is 0.378. The highest BCUT2D eigenvalue weighted by atomic mass is 16.4. The molecule has 0 aliphatic rings. The van der Waals surface area contributed by atoms with Crippen LogP contribution in [0.3, 0.4) is 0 Å². The monoisotopic (exact) mass is 189 g/mol. The largest absolute Gasteiger partial charge is 0.480 e. The van der Waals surface area contributed by atoms with Crippen molar-refractivity contribution >= 4 is 18.0 Å². The van der Waals surface area contributed by atoms with Crippen molar-refractivity contribution in [2.75, 3.05) is 6.54 Å². The van der Waals surface area contributed by atoms with Crippen LogP contribution in [0.25, 0.3) is 0 Å². The van der Waals surface area contributed by atoms with Gasteiger partial charge in [0.25, 0.3) is 0 Å². The van der Waals surface area contributed by atoms with Crippen molar-refractivity contribution in [3.63, 3.8) is 0 Å². The number of hydrogen-bond donors (Lipinski definition) is 2. The zero-order chi connectivity index (χ0) is 10.4. The van der Waals surface area contributed by atoms with Crippen molar-refractivity contribution < 1.29 is 24.6 Å². The summed E-state index contributed by atoms with van der Waals surface area (Å²) in [5.74, 6) is -2.02. The van der Waals surface area contributed by atoms with Crippen LogP contribution in [0.1, 0.15) is 19.8 Å². The second-order valence-corrected chi connectivity index (χ2v) is 2.41. The lowest BCUT2D eigenvalue weighted by Gasteiger charge is -2.13. The molecule has 0 unspecified atom stereocenters. The van der Waals surface area contributed by atoms with E-state index in [1.54, 1.807) is 6.92 Å². The maximum atomic E-state index is 11.0. The lowest BCUT2D eigenvalue weighted by atomic mass is 10.3. The Morgan fingerprint density at radius 1 is 1.23 bits per heavy atom. The van der Waals surface area contributed by atoms with Gasteiger partial charge in [-0.2, -0.15) is 0 Å². The molecule has 0 atom stereocenters. The van der Waals surface area contributed by atoms with Crippen molar-refractivity contribution in [2.45, 2.75) is 19.8 Å². The Balaban J connectivity index is 4.32. The Labute approximate surface area is 74.8 Å². The average molecular weight is 189 g/mol. The standard InChI is InChI=1S/C7H11NO5/c1-2-3-5(9)8(7(12)13)4-6(10)11/h2-4H2,1H3,(H,10,11)(H,12,13). The summed E-state index contributed by atoms with van der Waals surface area (Å²) in [6.07, 6.45) is -0.997. The van der Waals surface area contributed by atoms with Gasteiger partial charge in [-0.3, -0.25) is 9.59 Å². The minimum atomic E-state index is -1.53. The molecule has 0 aliphatic heterocycles. The molecule has 0 radical (unpaired) electrons. The Morgan fingerprint density at radius 2 is 1.77 bits per heavy atom. The van der Waals surface area contributed by atoms with Crippen molar-refractivity contribution in [3.05, 3.63) is 0 Å². The Kier molecular flexibility index (Phi) is 4.50. The fourth-order valence-electron chi connectivity index (χ4n) is 0.747. The van der Waals surface area contributed by atoms with E-state index in [-0.39, 0.29) is 6.42 Å². The van der Waals surface area contributed by atoms with Gasteiger partial charge in [0.1, 0.15) is 6.54 Å². The summed E-state index contributed by atoms with van der Waals surface area (Å²) >= 11 is 0. The Morgan fingerprint density at radius 3 is 2.08 bits per heavy atom. The van der Waals surface area contributed by atoms with Crippen LogP contribution in [-0.2, 0) is 9.59 Å². The Bertz CT molecular complexity index is 225. The zero-order valence-electron chi connectivity index (χ0n) is 7.19. The number of aliphatic carboxylic acids is 1. The van der Waals surface area contributed by atoms with Crippen molar-refractivity contribution in [3.8, 4) is 0 Å². The average Bonchev–Trinajstić information content (AvgIpc) is 1.99. The van der Waals surface area contributed by atoms with Crippen LogP contribution in [0, 0.1) is 0 Å². The lowest BCUT2D eigenvalue weighted by molar-refractivity contribution is -0.143. The molecule has 6 heteroatoms. The molecule has 0 fully saturated rings. The highest BCUT2D eigenvalue weighted by Gasteiger charge is 2.21. The van der Waals surface area contributed by atoms with E-state index in [2.05, 4.69) is 0 Å². The first kappa shape index (κ1) is 11.4. The predicted molar refractivity (Wildman–Crippen MR) is 42.3 cm³/mol. The van der Waals surface area contributed by atoms with Crippen molar-refractivity contribution in [2.24, 2.45) is 0 Å². The first-order chi connectivity index (χ1) is 5.99. The summed E-state index contributed by atoms with van der Waals surface area (Å²) in [6, 6.07) is 0. The molecule has 2 N–H and O–H groups in total. The third kappa shape index (κ3) is 4.09. The smallest absolute Gasteiger partial charge is 0.414 e. The van der Waals surface area contributed by atoms with E-state index in [9.17, 15) is 14.4 Å². The quantitative estimate of drug-likeness (QED) is 0.666. The van der Waals surface area contributed by atoms with Crippen LogP contribution >= 0.6 is 0 Å². The molecule has 0 aromatic carbocycles. The number of carbonyl (C=O) groups is 3. The second-order valence-electron chi connectivity index (χ2n) is 2.41. The maximum absolute atomic E-state index is 11.0. The Hall–Kier alpha value is -1.59. The molecule has 0 aliphatic carbocycles. The van der Waals surface area contributed by atoms with Gasteiger partial charge in [-0.05, 0) is 6.42 Å². The topological polar surface area (TPSA) is 94.9 Å². The van der Waals surface area contributed by atoms with E-state index in [1.165, 1.54) is 0 Å². The van der Waals surface area contributed by atoms with E-state index in [0.29, 0.717) is 11.3 Å². The molecule has 2 amide bonds. The van der Waals surface area contributed by atoms with Crippen LogP contribution in [0.15, 0.2) is 0 Å². The van der Waals surface area contributed by atoms with Gasteiger partial charge in [0.05, 0.1) is 0 Å². The summed E-state index contributed by atoms with van der Waals surface area (Å²) in [7, 11) is 0. The molecule has 74 valence electrons. The molecule has 0 bridgehead atoms. The summed E-state index contributed by atoms with van der Waals surface area (Å²) in [5.41, 5.74) is 0. The summed E-state index contributed by atoms with van der Waals surface area (Å²) in [6.45, 7) is 0.910. The van der Waals surface area contributed by atoms with Crippen LogP contribution in [0.2, 0.25) is 0 Å². The molecule has 0 rings (SSSR count). The normalized spacial score (nSPS) is 9.31. The van der Waals surface area contributed by atoms with Crippen LogP contribution in [0.4, 0.5) is 4.79 Å². The minimum Gasteiger partial charge on any atom is -0.480 e. The molecule has 0 spiro atoms. The lowest BCUT2D eigenvalue weighted by Crippen LogP contribution is -2.39. The van der Waals surface area contributed by atoms with Gasteiger partial charge < -0.3 is 10.2 Å². The zero-order valence-corrected chi connectivity index (χ0v) is 7.19. The first-order valence-corrected chi connectivity index (χ1v) is 3.74. The van der Waals surface area contributed by atoms with E-state index < -0.39 is 24.5 Å². The molecule has 13 heavy (non-hydrogen) atoms. The molecule has 0 saturated heterocycles. The number of carboxylic acids is 1. The summed E-state index contributed by atoms with van der Waals surface area (Å²) < 4.78 is 0. The van der Waals surface area contributed by atoms with Gasteiger partial charge in [0, 0.05) is 6.42 Å². The van der Waals surface area contributed by atoms with Gasteiger partial charge in [-0.25, -0.2) is 9.69 Å². The van der Waals surface area contributed by atoms with E-state index in [0.717, 1.165) is 0 Å². The van der Waals surface area contributed by atoms with Gasteiger partial charge in [-0.15, -0.1) is 0 Å². The second kappa shape index (κ2) is 5.13. The van der Waals surface area contributed by atoms with Gasteiger partial charge in [0.15, 0.2) is 0 Å². The summed E-state index contributed by atoms with van der Waals surface area (Å²) in [4.78, 5) is 31.9.